The Bertz CT molecular complexity index is 963. The molecule has 0 fully saturated rings. The van der Waals surface area contributed by atoms with Gasteiger partial charge in [0.25, 0.3) is 10.0 Å². The zero-order valence-corrected chi connectivity index (χ0v) is 17.5. The topological polar surface area (TPSA) is 95.9 Å². The molecular formula is C19H23ClN2O5S. The molecule has 2 N–H and O–H groups in total. The van der Waals surface area contributed by atoms with Crippen LogP contribution < -0.4 is 14.4 Å². The first-order valence-corrected chi connectivity index (χ1v) is 10.5. The van der Waals surface area contributed by atoms with Gasteiger partial charge in [0, 0.05) is 19.3 Å². The third-order valence-electron chi connectivity index (χ3n) is 4.17. The van der Waals surface area contributed by atoms with E-state index >= 15 is 0 Å². The lowest BCUT2D eigenvalue weighted by atomic mass is 10.1. The van der Waals surface area contributed by atoms with Gasteiger partial charge in [0.15, 0.2) is 0 Å². The highest BCUT2D eigenvalue weighted by Crippen LogP contribution is 2.29. The van der Waals surface area contributed by atoms with E-state index in [-0.39, 0.29) is 21.2 Å². The number of hydrogen-bond donors (Lipinski definition) is 2. The van der Waals surface area contributed by atoms with Gasteiger partial charge in [-0.1, -0.05) is 24.9 Å². The predicted molar refractivity (Wildman–Crippen MR) is 110 cm³/mol. The number of sulfonamides is 1. The number of carboxylic acids is 1. The van der Waals surface area contributed by atoms with Gasteiger partial charge in [-0.2, -0.15) is 0 Å². The Hall–Kier alpha value is -2.45. The van der Waals surface area contributed by atoms with E-state index in [1.54, 1.807) is 13.1 Å². The van der Waals surface area contributed by atoms with Gasteiger partial charge in [-0.3, -0.25) is 4.72 Å². The number of anilines is 2. The molecular weight excluding hydrogens is 404 g/mol. The minimum Gasteiger partial charge on any atom is -0.495 e. The van der Waals surface area contributed by atoms with E-state index in [0.29, 0.717) is 18.0 Å². The Labute approximate surface area is 169 Å². The molecule has 0 spiro atoms. The first-order chi connectivity index (χ1) is 13.2. The molecule has 0 bridgehead atoms. The second-order valence-electron chi connectivity index (χ2n) is 6.21. The van der Waals surface area contributed by atoms with Crippen molar-refractivity contribution >= 4 is 39.0 Å². The monoisotopic (exact) mass is 426 g/mol. The normalized spacial score (nSPS) is 11.1. The fourth-order valence-electron chi connectivity index (χ4n) is 2.65. The van der Waals surface area contributed by atoms with Gasteiger partial charge in [-0.25, -0.2) is 13.2 Å². The lowest BCUT2D eigenvalue weighted by Crippen LogP contribution is -2.21. The molecule has 152 valence electrons. The van der Waals surface area contributed by atoms with E-state index < -0.39 is 16.0 Å². The fraction of sp³-hybridized carbons (Fsp3) is 0.316. The molecule has 9 heteroatoms. The van der Waals surface area contributed by atoms with E-state index in [0.717, 1.165) is 12.8 Å². The molecule has 0 aliphatic carbocycles. The molecule has 0 atom stereocenters. The van der Waals surface area contributed by atoms with Gasteiger partial charge < -0.3 is 14.7 Å². The van der Waals surface area contributed by atoms with Crippen molar-refractivity contribution in [3.63, 3.8) is 0 Å². The van der Waals surface area contributed by atoms with E-state index in [9.17, 15) is 18.3 Å². The number of unbranched alkanes of at least 4 members (excludes halogenated alkanes) is 1. The lowest BCUT2D eigenvalue weighted by molar-refractivity contribution is 0.0697. The van der Waals surface area contributed by atoms with Crippen molar-refractivity contribution in [2.24, 2.45) is 0 Å². The Balaban J connectivity index is 2.34. The second-order valence-corrected chi connectivity index (χ2v) is 8.30. The number of nitrogens with zero attached hydrogens (tertiary/aromatic N) is 1. The summed E-state index contributed by atoms with van der Waals surface area (Å²) in [5.41, 5.74) is 0.694. The molecule has 2 aromatic carbocycles. The number of halogens is 1. The summed E-state index contributed by atoms with van der Waals surface area (Å²) in [6.45, 7) is 2.75. The molecule has 0 radical (unpaired) electrons. The maximum atomic E-state index is 12.6. The van der Waals surface area contributed by atoms with Crippen LogP contribution in [0.15, 0.2) is 41.3 Å². The summed E-state index contributed by atoms with van der Waals surface area (Å²) >= 11 is 6.00. The second kappa shape index (κ2) is 9.16. The first-order valence-electron chi connectivity index (χ1n) is 8.64. The van der Waals surface area contributed by atoms with Crippen molar-refractivity contribution < 1.29 is 23.1 Å². The minimum atomic E-state index is -3.95. The van der Waals surface area contributed by atoms with E-state index in [1.165, 1.54) is 37.4 Å². The van der Waals surface area contributed by atoms with Crippen LogP contribution in [0.25, 0.3) is 0 Å². The minimum absolute atomic E-state index is 0.0200. The Kier molecular flexibility index (Phi) is 7.15. The van der Waals surface area contributed by atoms with Crippen molar-refractivity contribution in [1.29, 1.82) is 0 Å². The molecule has 0 aliphatic rings. The quantitative estimate of drug-likeness (QED) is 0.627. The molecule has 2 rings (SSSR count). The smallest absolute Gasteiger partial charge is 0.337 e. The summed E-state index contributed by atoms with van der Waals surface area (Å²) in [5.74, 6) is -0.778. The number of ether oxygens (including phenoxy) is 1. The van der Waals surface area contributed by atoms with Crippen molar-refractivity contribution in [2.45, 2.75) is 24.7 Å². The van der Waals surface area contributed by atoms with Crippen LogP contribution >= 0.6 is 11.6 Å². The highest BCUT2D eigenvalue weighted by atomic mass is 35.5. The zero-order chi connectivity index (χ0) is 20.9. The maximum Gasteiger partial charge on any atom is 0.337 e. The number of rotatable bonds is 9. The van der Waals surface area contributed by atoms with E-state index in [2.05, 4.69) is 11.6 Å². The Morgan fingerprint density at radius 2 is 1.96 bits per heavy atom. The van der Waals surface area contributed by atoms with Crippen LogP contribution in [-0.2, 0) is 10.0 Å². The third kappa shape index (κ3) is 5.08. The van der Waals surface area contributed by atoms with E-state index in [4.69, 9.17) is 16.3 Å². The van der Waals surface area contributed by atoms with Crippen molar-refractivity contribution in [3.05, 3.63) is 47.0 Å². The van der Waals surface area contributed by atoms with Crippen LogP contribution in [0.4, 0.5) is 11.4 Å². The molecule has 0 amide bonds. The van der Waals surface area contributed by atoms with Crippen LogP contribution in [0.1, 0.15) is 30.1 Å². The molecule has 0 aliphatic heterocycles. The summed E-state index contributed by atoms with van der Waals surface area (Å²) in [6.07, 6.45) is 1.90. The zero-order valence-electron chi connectivity index (χ0n) is 15.9. The summed E-state index contributed by atoms with van der Waals surface area (Å²) in [7, 11) is -0.710. The summed E-state index contributed by atoms with van der Waals surface area (Å²) in [5, 5.41) is 9.70. The average molecular weight is 427 g/mol. The molecule has 0 heterocycles. The third-order valence-corrected chi connectivity index (χ3v) is 5.85. The van der Waals surface area contributed by atoms with E-state index in [1.807, 2.05) is 4.90 Å². The van der Waals surface area contributed by atoms with Crippen LogP contribution in [0, 0.1) is 0 Å². The molecule has 0 saturated heterocycles. The predicted octanol–water partition coefficient (Wildman–Crippen LogP) is 4.08. The van der Waals surface area contributed by atoms with Gasteiger partial charge in [-0.05, 0) is 42.8 Å². The number of methoxy groups -OCH3 is 1. The molecule has 0 aromatic heterocycles. The van der Waals surface area contributed by atoms with Crippen molar-refractivity contribution in [2.75, 3.05) is 30.3 Å². The molecule has 2 aromatic rings. The number of benzene rings is 2. The Morgan fingerprint density at radius 3 is 2.54 bits per heavy atom. The summed E-state index contributed by atoms with van der Waals surface area (Å²) in [6, 6.07) is 8.52. The molecule has 28 heavy (non-hydrogen) atoms. The molecule has 0 saturated carbocycles. The number of carbonyl (C=O) groups is 1. The SMILES string of the molecule is CCCCN(C)c1ccc(NS(=O)(=O)c2ccc(OC)c(Cl)c2)cc1C(=O)O. The van der Waals surface area contributed by atoms with Gasteiger partial charge in [0.2, 0.25) is 0 Å². The molecule has 0 unspecified atom stereocenters. The maximum absolute atomic E-state index is 12.6. The first kappa shape index (κ1) is 21.8. The summed E-state index contributed by atoms with van der Waals surface area (Å²) < 4.78 is 32.7. The van der Waals surface area contributed by atoms with Crippen molar-refractivity contribution in [3.8, 4) is 5.75 Å². The summed E-state index contributed by atoms with van der Waals surface area (Å²) in [4.78, 5) is 13.5. The number of aromatic carboxylic acids is 1. The molecule has 7 nitrogen and oxygen atoms in total. The largest absolute Gasteiger partial charge is 0.495 e. The lowest BCUT2D eigenvalue weighted by Gasteiger charge is -2.21. The van der Waals surface area contributed by atoms with Gasteiger partial charge in [0.05, 0.1) is 28.3 Å². The van der Waals surface area contributed by atoms with Gasteiger partial charge in [-0.15, -0.1) is 0 Å². The number of carboxylic acid groups (broad SMARTS) is 1. The number of nitrogens with one attached hydrogen (secondary N) is 1. The van der Waals surface area contributed by atoms with Crippen LogP contribution in [0.2, 0.25) is 5.02 Å². The van der Waals surface area contributed by atoms with Gasteiger partial charge >= 0.3 is 5.97 Å². The van der Waals surface area contributed by atoms with Gasteiger partial charge in [0.1, 0.15) is 5.75 Å². The fourth-order valence-corrected chi connectivity index (χ4v) is 4.05. The van der Waals surface area contributed by atoms with Crippen LogP contribution in [0.5, 0.6) is 5.75 Å². The average Bonchev–Trinajstić information content (AvgIpc) is 2.65. The van der Waals surface area contributed by atoms with Crippen LogP contribution in [-0.4, -0.2) is 40.2 Å². The van der Waals surface area contributed by atoms with Crippen molar-refractivity contribution in [1.82, 2.24) is 0 Å². The Morgan fingerprint density at radius 1 is 1.25 bits per heavy atom. The highest BCUT2D eigenvalue weighted by Gasteiger charge is 2.19. The number of hydrogen-bond acceptors (Lipinski definition) is 5. The van der Waals surface area contributed by atoms with Crippen LogP contribution in [0.3, 0.4) is 0 Å². The highest BCUT2D eigenvalue weighted by molar-refractivity contribution is 7.92. The standard InChI is InChI=1S/C19H23ClN2O5S/c1-4-5-10-22(2)17-8-6-13(11-15(17)19(23)24)21-28(25,26)14-7-9-18(27-3)16(20)12-14/h6-9,11-12,21H,4-5,10H2,1-3H3,(H,23,24).